The van der Waals surface area contributed by atoms with Crippen molar-refractivity contribution in [3.8, 4) is 6.07 Å². The maximum absolute atomic E-state index is 12.9. The van der Waals surface area contributed by atoms with Crippen LogP contribution >= 0.6 is 11.6 Å². The third kappa shape index (κ3) is 5.47. The van der Waals surface area contributed by atoms with E-state index in [0.717, 1.165) is 17.8 Å². The van der Waals surface area contributed by atoms with Gasteiger partial charge in [-0.3, -0.25) is 9.59 Å². The highest BCUT2D eigenvalue weighted by Crippen LogP contribution is 2.33. The van der Waals surface area contributed by atoms with E-state index in [4.69, 9.17) is 11.6 Å². The Labute approximate surface area is 193 Å². The zero-order valence-electron chi connectivity index (χ0n) is 18.2. The number of nitrogens with one attached hydrogen (secondary N) is 1. The SMILES string of the molecule is Cc1[nH]c(=O)c(C#N)c(C)c1CCC(=O)N1CCCN(c2ncc(C(F)(F)F)cc2Cl)CC1. The van der Waals surface area contributed by atoms with Crippen LogP contribution in [0.15, 0.2) is 17.1 Å². The van der Waals surface area contributed by atoms with E-state index >= 15 is 0 Å². The maximum atomic E-state index is 12.9. The molecular weight excluding hydrogens is 459 g/mol. The molecule has 2 aromatic heterocycles. The number of H-pyrrole nitrogens is 1. The van der Waals surface area contributed by atoms with Crippen LogP contribution in [0.5, 0.6) is 0 Å². The zero-order chi connectivity index (χ0) is 24.3. The van der Waals surface area contributed by atoms with E-state index in [9.17, 15) is 28.0 Å². The third-order valence-electron chi connectivity index (χ3n) is 5.81. The molecule has 1 N–H and O–H groups in total. The fourth-order valence-corrected chi connectivity index (χ4v) is 4.29. The number of hydrogen-bond acceptors (Lipinski definition) is 5. The Kier molecular flexibility index (Phi) is 7.32. The van der Waals surface area contributed by atoms with Crippen LogP contribution in [0.4, 0.5) is 19.0 Å². The summed E-state index contributed by atoms with van der Waals surface area (Å²) in [5.74, 6) is 0.189. The van der Waals surface area contributed by atoms with E-state index in [1.807, 2.05) is 6.07 Å². The normalized spacial score (nSPS) is 14.7. The Morgan fingerprint density at radius 3 is 2.64 bits per heavy atom. The highest BCUT2D eigenvalue weighted by molar-refractivity contribution is 6.33. The smallest absolute Gasteiger partial charge is 0.354 e. The molecule has 0 radical (unpaired) electrons. The molecule has 0 atom stereocenters. The quantitative estimate of drug-likeness (QED) is 0.720. The van der Waals surface area contributed by atoms with Gasteiger partial charge in [0.2, 0.25) is 5.91 Å². The van der Waals surface area contributed by atoms with E-state index in [-0.39, 0.29) is 28.7 Å². The summed E-state index contributed by atoms with van der Waals surface area (Å²) >= 11 is 6.07. The highest BCUT2D eigenvalue weighted by atomic mass is 35.5. The molecule has 33 heavy (non-hydrogen) atoms. The number of rotatable bonds is 4. The first kappa shape index (κ1) is 24.6. The largest absolute Gasteiger partial charge is 0.417 e. The van der Waals surface area contributed by atoms with Gasteiger partial charge in [-0.1, -0.05) is 11.6 Å². The van der Waals surface area contributed by atoms with Crippen LogP contribution in [0.3, 0.4) is 0 Å². The number of aromatic amines is 1. The van der Waals surface area contributed by atoms with Crippen molar-refractivity contribution in [2.24, 2.45) is 0 Å². The summed E-state index contributed by atoms with van der Waals surface area (Å²) in [6.45, 7) is 5.21. The van der Waals surface area contributed by atoms with Crippen LogP contribution in [-0.2, 0) is 17.4 Å². The molecule has 11 heteroatoms. The molecule has 0 unspecified atom stereocenters. The van der Waals surface area contributed by atoms with Crippen LogP contribution in [0, 0.1) is 25.2 Å². The Hall–Kier alpha value is -3.06. The van der Waals surface area contributed by atoms with Gasteiger partial charge in [0.25, 0.3) is 5.56 Å². The fraction of sp³-hybridized carbons (Fsp3) is 0.455. The van der Waals surface area contributed by atoms with Crippen LogP contribution in [0.1, 0.15) is 40.8 Å². The van der Waals surface area contributed by atoms with E-state index < -0.39 is 17.3 Å². The number of nitriles is 1. The Morgan fingerprint density at radius 1 is 1.27 bits per heavy atom. The molecule has 176 valence electrons. The minimum Gasteiger partial charge on any atom is -0.354 e. The number of halogens is 4. The molecule has 3 rings (SSSR count). The number of hydrogen-bond donors (Lipinski definition) is 1. The van der Waals surface area contributed by atoms with Crippen molar-refractivity contribution in [1.82, 2.24) is 14.9 Å². The maximum Gasteiger partial charge on any atom is 0.417 e. The molecular formula is C22H23ClF3N5O2. The summed E-state index contributed by atoms with van der Waals surface area (Å²) in [6.07, 6.45) is -2.56. The molecule has 1 amide bonds. The molecule has 0 bridgehead atoms. The monoisotopic (exact) mass is 481 g/mol. The van der Waals surface area contributed by atoms with Gasteiger partial charge in [-0.15, -0.1) is 0 Å². The summed E-state index contributed by atoms with van der Waals surface area (Å²) in [6, 6.07) is 2.77. The lowest BCUT2D eigenvalue weighted by atomic mass is 9.99. The van der Waals surface area contributed by atoms with Gasteiger partial charge < -0.3 is 14.8 Å². The molecule has 1 fully saturated rings. The average molecular weight is 482 g/mol. The van der Waals surface area contributed by atoms with Crippen LogP contribution in [0.25, 0.3) is 0 Å². The van der Waals surface area contributed by atoms with Crippen LogP contribution in [0.2, 0.25) is 5.02 Å². The van der Waals surface area contributed by atoms with Gasteiger partial charge in [0.15, 0.2) is 0 Å². The number of aromatic nitrogens is 2. The summed E-state index contributed by atoms with van der Waals surface area (Å²) in [7, 11) is 0. The topological polar surface area (TPSA) is 93.1 Å². The van der Waals surface area contributed by atoms with Gasteiger partial charge in [-0.25, -0.2) is 4.98 Å². The minimum atomic E-state index is -4.52. The number of pyridine rings is 2. The average Bonchev–Trinajstić information content (AvgIpc) is 2.99. The first-order valence-corrected chi connectivity index (χ1v) is 10.8. The third-order valence-corrected chi connectivity index (χ3v) is 6.08. The number of alkyl halides is 3. The Bertz CT molecular complexity index is 1160. The molecule has 2 aromatic rings. The fourth-order valence-electron chi connectivity index (χ4n) is 4.01. The second kappa shape index (κ2) is 9.83. The molecule has 0 saturated carbocycles. The molecule has 0 spiro atoms. The van der Waals surface area contributed by atoms with E-state index in [1.54, 1.807) is 23.6 Å². The first-order valence-electron chi connectivity index (χ1n) is 10.4. The molecule has 1 aliphatic heterocycles. The molecule has 0 aliphatic carbocycles. The van der Waals surface area contributed by atoms with Gasteiger partial charge in [-0.2, -0.15) is 18.4 Å². The number of carbonyl (C=O) groups is 1. The van der Waals surface area contributed by atoms with Gasteiger partial charge in [-0.05, 0) is 43.9 Å². The molecule has 7 nitrogen and oxygen atoms in total. The van der Waals surface area contributed by atoms with Crippen molar-refractivity contribution >= 4 is 23.3 Å². The molecule has 0 aromatic carbocycles. The van der Waals surface area contributed by atoms with Crippen molar-refractivity contribution in [1.29, 1.82) is 5.26 Å². The Balaban J connectivity index is 1.65. The number of aryl methyl sites for hydroxylation is 1. The predicted octanol–water partition coefficient (Wildman–Crippen LogP) is 3.60. The summed E-state index contributed by atoms with van der Waals surface area (Å²) in [5.41, 5.74) is 0.693. The number of amides is 1. The van der Waals surface area contributed by atoms with Crippen molar-refractivity contribution in [2.45, 2.75) is 39.3 Å². The van der Waals surface area contributed by atoms with E-state index in [2.05, 4.69) is 9.97 Å². The highest BCUT2D eigenvalue weighted by Gasteiger charge is 2.32. The van der Waals surface area contributed by atoms with Gasteiger partial charge >= 0.3 is 6.18 Å². The van der Waals surface area contributed by atoms with Crippen molar-refractivity contribution in [3.63, 3.8) is 0 Å². The zero-order valence-corrected chi connectivity index (χ0v) is 19.0. The van der Waals surface area contributed by atoms with Crippen molar-refractivity contribution in [2.75, 3.05) is 31.1 Å². The van der Waals surface area contributed by atoms with Crippen molar-refractivity contribution < 1.29 is 18.0 Å². The predicted molar refractivity (Wildman–Crippen MR) is 117 cm³/mol. The van der Waals surface area contributed by atoms with E-state index in [1.165, 1.54) is 0 Å². The van der Waals surface area contributed by atoms with E-state index in [0.29, 0.717) is 50.3 Å². The lowest BCUT2D eigenvalue weighted by Crippen LogP contribution is -2.35. The number of anilines is 1. The molecule has 1 aliphatic rings. The standard InChI is InChI=1S/C22H23ClF3N5O2/c1-13-16(14(2)29-21(33)17(13)11-27)4-5-19(32)30-6-3-7-31(9-8-30)20-18(23)10-15(12-28-20)22(24,25)26/h10,12H,3-9H2,1-2H3,(H,29,33). The lowest BCUT2D eigenvalue weighted by molar-refractivity contribution is -0.137. The van der Waals surface area contributed by atoms with Crippen LogP contribution in [-0.4, -0.2) is 47.0 Å². The minimum absolute atomic E-state index is 0.0504. The lowest BCUT2D eigenvalue weighted by Gasteiger charge is -2.24. The summed E-state index contributed by atoms with van der Waals surface area (Å²) < 4.78 is 38.6. The van der Waals surface area contributed by atoms with Crippen molar-refractivity contribution in [3.05, 3.63) is 55.6 Å². The number of nitrogens with zero attached hydrogens (tertiary/aromatic N) is 4. The first-order chi connectivity index (χ1) is 15.5. The summed E-state index contributed by atoms with van der Waals surface area (Å²) in [5, 5.41) is 9.12. The number of carbonyl (C=O) groups excluding carboxylic acids is 1. The summed E-state index contributed by atoms with van der Waals surface area (Å²) in [4.78, 5) is 34.8. The van der Waals surface area contributed by atoms with Crippen LogP contribution < -0.4 is 10.5 Å². The Morgan fingerprint density at radius 2 is 2.00 bits per heavy atom. The van der Waals surface area contributed by atoms with Gasteiger partial charge in [0.05, 0.1) is 10.6 Å². The van der Waals surface area contributed by atoms with Gasteiger partial charge in [0, 0.05) is 44.5 Å². The van der Waals surface area contributed by atoms with Gasteiger partial charge in [0.1, 0.15) is 17.5 Å². The second-order valence-electron chi connectivity index (χ2n) is 7.92. The second-order valence-corrected chi connectivity index (χ2v) is 8.33. The molecule has 3 heterocycles. The molecule has 1 saturated heterocycles.